The number of nitrogens with zero attached hydrogens (tertiary/aromatic N) is 2. The number of amides is 2. The van der Waals surface area contributed by atoms with E-state index in [0.717, 1.165) is 48.9 Å². The van der Waals surface area contributed by atoms with Crippen LogP contribution in [0.4, 0.5) is 10.5 Å². The molecule has 2 N–H and O–H groups in total. The Morgan fingerprint density at radius 2 is 2.14 bits per heavy atom. The van der Waals surface area contributed by atoms with E-state index in [9.17, 15) is 13.2 Å². The molecular formula is C21H30N4O3S. The number of fused-ring (bicyclic) bond motifs is 1. The van der Waals surface area contributed by atoms with Crippen LogP contribution < -0.4 is 10.0 Å². The number of hydrogen-bond donors (Lipinski definition) is 2. The Kier molecular flexibility index (Phi) is 6.81. The number of anilines is 1. The standard InChI is InChI=1S/C21H30N4O3S/c1-3-6-16-13-17-7-4-9-19(17)20(15(16)2)23-21(26)24-29(27,28)18-8-5-11-25(14-18)12-10-22/h13,18H,3-9,11-12,14H2,1-2H3,(H2,23,24,26). The predicted octanol–water partition coefficient (Wildman–Crippen LogP) is 2.88. The molecule has 7 nitrogen and oxygen atoms in total. The Bertz CT molecular complexity index is 921. The first kappa shape index (κ1) is 21.6. The number of rotatable bonds is 6. The van der Waals surface area contributed by atoms with Crippen LogP contribution in [-0.2, 0) is 29.3 Å². The lowest BCUT2D eigenvalue weighted by Gasteiger charge is -2.30. The number of carbonyl (C=O) groups is 1. The Morgan fingerprint density at radius 1 is 1.34 bits per heavy atom. The van der Waals surface area contributed by atoms with Crippen LogP contribution in [-0.4, -0.2) is 44.2 Å². The van der Waals surface area contributed by atoms with Crippen molar-refractivity contribution < 1.29 is 13.2 Å². The molecule has 2 amide bonds. The van der Waals surface area contributed by atoms with Crippen molar-refractivity contribution in [3.63, 3.8) is 0 Å². The number of nitrogens with one attached hydrogen (secondary N) is 2. The molecular weight excluding hydrogens is 388 g/mol. The predicted molar refractivity (Wildman–Crippen MR) is 113 cm³/mol. The van der Waals surface area contributed by atoms with E-state index in [1.54, 1.807) is 0 Å². The summed E-state index contributed by atoms with van der Waals surface area (Å²) in [6, 6.07) is 3.60. The average Bonchev–Trinajstić information content (AvgIpc) is 3.13. The van der Waals surface area contributed by atoms with Crippen LogP contribution in [0.25, 0.3) is 0 Å². The second kappa shape index (κ2) is 9.14. The minimum Gasteiger partial charge on any atom is -0.307 e. The van der Waals surface area contributed by atoms with Crippen LogP contribution in [0.1, 0.15) is 54.9 Å². The summed E-state index contributed by atoms with van der Waals surface area (Å²) in [5.74, 6) is 0. The lowest BCUT2D eigenvalue weighted by Crippen LogP contribution is -2.48. The summed E-state index contributed by atoms with van der Waals surface area (Å²) in [6.45, 7) is 5.30. The van der Waals surface area contributed by atoms with Gasteiger partial charge in [-0.25, -0.2) is 17.9 Å². The van der Waals surface area contributed by atoms with Crippen molar-refractivity contribution in [2.45, 2.75) is 64.0 Å². The van der Waals surface area contributed by atoms with E-state index >= 15 is 0 Å². The third-order valence-corrected chi connectivity index (χ3v) is 7.69. The van der Waals surface area contributed by atoms with E-state index in [1.807, 2.05) is 11.8 Å². The Balaban J connectivity index is 1.75. The second-order valence-corrected chi connectivity index (χ2v) is 10.00. The summed E-state index contributed by atoms with van der Waals surface area (Å²) < 4.78 is 27.7. The average molecular weight is 419 g/mol. The van der Waals surface area contributed by atoms with Crippen LogP contribution in [0, 0.1) is 18.3 Å². The van der Waals surface area contributed by atoms with Gasteiger partial charge in [-0.05, 0) is 74.2 Å². The van der Waals surface area contributed by atoms with Crippen LogP contribution in [0.15, 0.2) is 6.07 Å². The summed E-state index contributed by atoms with van der Waals surface area (Å²) in [6.07, 6.45) is 6.08. The summed E-state index contributed by atoms with van der Waals surface area (Å²) in [5.41, 5.74) is 5.40. The van der Waals surface area contributed by atoms with Crippen LogP contribution in [0.2, 0.25) is 0 Å². The maximum Gasteiger partial charge on any atom is 0.332 e. The molecule has 1 aliphatic carbocycles. The fourth-order valence-electron chi connectivity index (χ4n) is 4.48. The van der Waals surface area contributed by atoms with Gasteiger partial charge >= 0.3 is 6.03 Å². The molecule has 29 heavy (non-hydrogen) atoms. The molecule has 1 unspecified atom stereocenters. The van der Waals surface area contributed by atoms with Gasteiger partial charge < -0.3 is 5.32 Å². The fraction of sp³-hybridized carbons (Fsp3) is 0.619. The highest BCUT2D eigenvalue weighted by atomic mass is 32.2. The maximum absolute atomic E-state index is 12.7. The van der Waals surface area contributed by atoms with Crippen molar-refractivity contribution in [3.8, 4) is 6.07 Å². The van der Waals surface area contributed by atoms with Crippen LogP contribution >= 0.6 is 0 Å². The largest absolute Gasteiger partial charge is 0.332 e. The first-order chi connectivity index (χ1) is 13.9. The lowest BCUT2D eigenvalue weighted by atomic mass is 9.95. The smallest absolute Gasteiger partial charge is 0.307 e. The number of benzene rings is 1. The van der Waals surface area contributed by atoms with Crippen LogP contribution in [0.5, 0.6) is 0 Å². The van der Waals surface area contributed by atoms with Gasteiger partial charge in [0.05, 0.1) is 17.9 Å². The Hall–Kier alpha value is -2.11. The molecule has 1 fully saturated rings. The highest BCUT2D eigenvalue weighted by Gasteiger charge is 2.32. The molecule has 1 aromatic carbocycles. The zero-order valence-corrected chi connectivity index (χ0v) is 18.1. The first-order valence-electron chi connectivity index (χ1n) is 10.4. The number of hydrogen-bond acceptors (Lipinski definition) is 5. The first-order valence-corrected chi connectivity index (χ1v) is 12.0. The van der Waals surface area contributed by atoms with Crippen molar-refractivity contribution in [2.24, 2.45) is 0 Å². The number of sulfonamides is 1. The van der Waals surface area contributed by atoms with Gasteiger partial charge in [0.15, 0.2) is 0 Å². The lowest BCUT2D eigenvalue weighted by molar-refractivity contribution is 0.250. The topological polar surface area (TPSA) is 102 Å². The summed E-state index contributed by atoms with van der Waals surface area (Å²) >= 11 is 0. The zero-order valence-electron chi connectivity index (χ0n) is 17.3. The number of piperidine rings is 1. The molecule has 1 aliphatic heterocycles. The number of aryl methyl sites for hydroxylation is 2. The molecule has 2 aliphatic rings. The number of urea groups is 1. The van der Waals surface area contributed by atoms with E-state index < -0.39 is 21.3 Å². The van der Waals surface area contributed by atoms with Gasteiger partial charge in [0.2, 0.25) is 10.0 Å². The molecule has 0 radical (unpaired) electrons. The molecule has 0 saturated carbocycles. The van der Waals surface area contributed by atoms with Gasteiger partial charge in [-0.15, -0.1) is 0 Å². The minimum absolute atomic E-state index is 0.202. The molecule has 0 spiro atoms. The molecule has 1 heterocycles. The van der Waals surface area contributed by atoms with Gasteiger partial charge in [-0.2, -0.15) is 5.26 Å². The molecule has 3 rings (SSSR count). The van der Waals surface area contributed by atoms with Gasteiger partial charge in [-0.3, -0.25) is 4.90 Å². The third kappa shape index (κ3) is 4.90. The van der Waals surface area contributed by atoms with E-state index in [1.165, 1.54) is 11.1 Å². The Labute approximate surface area is 173 Å². The van der Waals surface area contributed by atoms with Crippen molar-refractivity contribution in [1.29, 1.82) is 5.26 Å². The molecule has 1 atom stereocenters. The van der Waals surface area contributed by atoms with E-state index in [0.29, 0.717) is 19.4 Å². The molecule has 1 aromatic rings. The maximum atomic E-state index is 12.7. The van der Waals surface area contributed by atoms with Crippen molar-refractivity contribution in [2.75, 3.05) is 25.0 Å². The molecule has 0 bridgehead atoms. The van der Waals surface area contributed by atoms with Crippen molar-refractivity contribution >= 4 is 21.7 Å². The van der Waals surface area contributed by atoms with Gasteiger partial charge in [0.25, 0.3) is 0 Å². The number of carbonyl (C=O) groups excluding carboxylic acids is 1. The zero-order chi connectivity index (χ0) is 21.0. The quantitative estimate of drug-likeness (QED) is 0.692. The van der Waals surface area contributed by atoms with E-state index in [4.69, 9.17) is 5.26 Å². The summed E-state index contributed by atoms with van der Waals surface area (Å²) in [7, 11) is -3.81. The van der Waals surface area contributed by atoms with Crippen molar-refractivity contribution in [1.82, 2.24) is 9.62 Å². The van der Waals surface area contributed by atoms with Gasteiger partial charge in [0.1, 0.15) is 0 Å². The normalized spacial score (nSPS) is 19.4. The molecule has 0 aromatic heterocycles. The second-order valence-electron chi connectivity index (χ2n) is 8.04. The summed E-state index contributed by atoms with van der Waals surface area (Å²) in [5, 5.41) is 11.0. The van der Waals surface area contributed by atoms with E-state index in [-0.39, 0.29) is 13.1 Å². The number of nitriles is 1. The molecule has 1 saturated heterocycles. The van der Waals surface area contributed by atoms with Crippen molar-refractivity contribution in [3.05, 3.63) is 28.3 Å². The highest BCUT2D eigenvalue weighted by molar-refractivity contribution is 7.90. The van der Waals surface area contributed by atoms with Gasteiger partial charge in [-0.1, -0.05) is 19.4 Å². The monoisotopic (exact) mass is 418 g/mol. The molecule has 8 heteroatoms. The van der Waals surface area contributed by atoms with E-state index in [2.05, 4.69) is 29.1 Å². The Morgan fingerprint density at radius 3 is 2.86 bits per heavy atom. The molecule has 158 valence electrons. The SMILES string of the molecule is CCCc1cc2c(c(NC(=O)NS(=O)(=O)C3CCCN(CC#N)C3)c1C)CCC2. The fourth-order valence-corrected chi connectivity index (χ4v) is 5.84. The number of likely N-dealkylation sites (tertiary alicyclic amines) is 1. The summed E-state index contributed by atoms with van der Waals surface area (Å²) in [4.78, 5) is 14.4. The highest BCUT2D eigenvalue weighted by Crippen LogP contribution is 2.34. The minimum atomic E-state index is -3.81. The van der Waals surface area contributed by atoms with Gasteiger partial charge in [0, 0.05) is 12.2 Å². The van der Waals surface area contributed by atoms with Crippen LogP contribution in [0.3, 0.4) is 0 Å². The third-order valence-electron chi connectivity index (χ3n) is 5.96.